The van der Waals surface area contributed by atoms with E-state index < -0.39 is 11.9 Å². The molecule has 86 valence electrons. The molecule has 1 amide bonds. The van der Waals surface area contributed by atoms with Gasteiger partial charge in [-0.2, -0.15) is 0 Å². The Balaban J connectivity index is 2.21. The molecule has 1 rings (SSSR count). The number of nitrogens with one attached hydrogen (secondary N) is 1. The van der Waals surface area contributed by atoms with Crippen molar-refractivity contribution >= 4 is 11.9 Å². The Hall–Kier alpha value is -1.10. The number of rotatable bonds is 6. The van der Waals surface area contributed by atoms with E-state index in [-0.39, 0.29) is 11.3 Å². The van der Waals surface area contributed by atoms with E-state index in [1.807, 2.05) is 0 Å². The van der Waals surface area contributed by atoms with Crippen molar-refractivity contribution in [3.8, 4) is 0 Å². The number of hydrogen-bond acceptors (Lipinski definition) is 3. The molecule has 0 bridgehead atoms. The predicted molar refractivity (Wildman–Crippen MR) is 55.1 cm³/mol. The van der Waals surface area contributed by atoms with Gasteiger partial charge in [0.05, 0.1) is 11.3 Å². The molecule has 0 aromatic heterocycles. The first-order chi connectivity index (χ1) is 7.02. The highest BCUT2D eigenvalue weighted by Gasteiger charge is 2.48. The van der Waals surface area contributed by atoms with Crippen LogP contribution in [-0.4, -0.2) is 30.1 Å². The van der Waals surface area contributed by atoms with Gasteiger partial charge in [0.25, 0.3) is 0 Å². The van der Waals surface area contributed by atoms with Crippen LogP contribution in [0.2, 0.25) is 0 Å². The molecular formula is C10H18N2O3. The molecule has 4 N–H and O–H groups in total. The minimum absolute atomic E-state index is 0.0254. The molecule has 0 saturated heterocycles. The summed E-state index contributed by atoms with van der Waals surface area (Å²) in [5.74, 6) is -1.27. The molecule has 0 aromatic rings. The first kappa shape index (κ1) is 12.0. The lowest BCUT2D eigenvalue weighted by Gasteiger charge is -2.13. The second-order valence-corrected chi connectivity index (χ2v) is 4.27. The van der Waals surface area contributed by atoms with Gasteiger partial charge < -0.3 is 16.2 Å². The summed E-state index contributed by atoms with van der Waals surface area (Å²) in [5.41, 5.74) is 5.15. The predicted octanol–water partition coefficient (Wildman–Crippen LogP) is -0.0477. The van der Waals surface area contributed by atoms with Crippen molar-refractivity contribution in [1.82, 2.24) is 5.32 Å². The Bertz CT molecular complexity index is 261. The van der Waals surface area contributed by atoms with Gasteiger partial charge in [0.1, 0.15) is 0 Å². The third-order valence-electron chi connectivity index (χ3n) is 3.01. The van der Waals surface area contributed by atoms with Gasteiger partial charge in [-0.3, -0.25) is 9.59 Å². The number of carboxylic acids is 1. The van der Waals surface area contributed by atoms with E-state index in [1.54, 1.807) is 6.92 Å². The Labute approximate surface area is 89.0 Å². The summed E-state index contributed by atoms with van der Waals surface area (Å²) >= 11 is 0. The highest BCUT2D eigenvalue weighted by atomic mass is 16.4. The van der Waals surface area contributed by atoms with E-state index >= 15 is 0 Å². The van der Waals surface area contributed by atoms with E-state index in [9.17, 15) is 9.59 Å². The van der Waals surface area contributed by atoms with E-state index in [2.05, 4.69) is 5.32 Å². The lowest BCUT2D eigenvalue weighted by atomic mass is 10.1. The van der Waals surface area contributed by atoms with E-state index in [0.717, 1.165) is 12.8 Å². The second-order valence-electron chi connectivity index (χ2n) is 4.27. The molecule has 1 saturated carbocycles. The van der Waals surface area contributed by atoms with E-state index in [4.69, 9.17) is 10.8 Å². The molecule has 0 spiro atoms. The fourth-order valence-corrected chi connectivity index (χ4v) is 1.39. The monoisotopic (exact) mass is 214 g/mol. The van der Waals surface area contributed by atoms with Gasteiger partial charge in [-0.25, -0.2) is 0 Å². The van der Waals surface area contributed by atoms with Gasteiger partial charge in [0.15, 0.2) is 0 Å². The average Bonchev–Trinajstić information content (AvgIpc) is 2.97. The molecular weight excluding hydrogens is 196 g/mol. The summed E-state index contributed by atoms with van der Waals surface area (Å²) in [6, 6.07) is 0. The summed E-state index contributed by atoms with van der Waals surface area (Å²) in [6.07, 6.45) is 2.16. The molecule has 15 heavy (non-hydrogen) atoms. The quantitative estimate of drug-likeness (QED) is 0.578. The van der Waals surface area contributed by atoms with E-state index in [0.29, 0.717) is 19.5 Å². The zero-order chi connectivity index (χ0) is 11.5. The van der Waals surface area contributed by atoms with Crippen molar-refractivity contribution < 1.29 is 14.7 Å². The number of carbonyl (C=O) groups is 2. The van der Waals surface area contributed by atoms with Crippen LogP contribution >= 0.6 is 0 Å². The Morgan fingerprint density at radius 1 is 1.53 bits per heavy atom. The largest absolute Gasteiger partial charge is 0.481 e. The SMILES string of the molecule is CC(CCNC(=O)C1(CN)CC1)C(=O)O. The fraction of sp³-hybridized carbons (Fsp3) is 0.800. The summed E-state index contributed by atoms with van der Waals surface area (Å²) in [6.45, 7) is 2.42. The Kier molecular flexibility index (Phi) is 3.68. The Morgan fingerprint density at radius 3 is 2.53 bits per heavy atom. The number of amides is 1. The van der Waals surface area contributed by atoms with Crippen molar-refractivity contribution in [3.05, 3.63) is 0 Å². The topological polar surface area (TPSA) is 92.4 Å². The van der Waals surface area contributed by atoms with Crippen molar-refractivity contribution in [1.29, 1.82) is 0 Å². The zero-order valence-electron chi connectivity index (χ0n) is 8.95. The van der Waals surface area contributed by atoms with Crippen molar-refractivity contribution in [2.45, 2.75) is 26.2 Å². The molecule has 0 aromatic carbocycles. The van der Waals surface area contributed by atoms with E-state index in [1.165, 1.54) is 0 Å². The number of hydrogen-bond donors (Lipinski definition) is 3. The smallest absolute Gasteiger partial charge is 0.306 e. The molecule has 1 aliphatic carbocycles. The molecule has 1 unspecified atom stereocenters. The van der Waals surface area contributed by atoms with Gasteiger partial charge in [-0.1, -0.05) is 6.92 Å². The lowest BCUT2D eigenvalue weighted by molar-refractivity contribution is -0.141. The normalized spacial score (nSPS) is 19.3. The average molecular weight is 214 g/mol. The second kappa shape index (κ2) is 4.61. The van der Waals surface area contributed by atoms with Crippen LogP contribution in [-0.2, 0) is 9.59 Å². The first-order valence-electron chi connectivity index (χ1n) is 5.23. The van der Waals surface area contributed by atoms with Crippen LogP contribution < -0.4 is 11.1 Å². The minimum atomic E-state index is -0.829. The third kappa shape index (κ3) is 2.92. The molecule has 0 aliphatic heterocycles. The van der Waals surface area contributed by atoms with Crippen molar-refractivity contribution in [2.24, 2.45) is 17.1 Å². The molecule has 1 fully saturated rings. The number of aliphatic carboxylic acids is 1. The molecule has 5 heteroatoms. The molecule has 0 radical (unpaired) electrons. The van der Waals surface area contributed by atoms with Crippen LogP contribution in [0, 0.1) is 11.3 Å². The zero-order valence-corrected chi connectivity index (χ0v) is 8.95. The maximum Gasteiger partial charge on any atom is 0.306 e. The van der Waals surface area contributed by atoms with Gasteiger partial charge in [0.2, 0.25) is 5.91 Å². The first-order valence-corrected chi connectivity index (χ1v) is 5.23. The molecule has 1 atom stereocenters. The maximum absolute atomic E-state index is 11.6. The van der Waals surface area contributed by atoms with Crippen LogP contribution in [0.3, 0.4) is 0 Å². The van der Waals surface area contributed by atoms with Crippen LogP contribution in [0.5, 0.6) is 0 Å². The van der Waals surface area contributed by atoms with Crippen LogP contribution in [0.1, 0.15) is 26.2 Å². The van der Waals surface area contributed by atoms with Crippen molar-refractivity contribution in [2.75, 3.05) is 13.1 Å². The summed E-state index contributed by atoms with van der Waals surface area (Å²) in [4.78, 5) is 22.1. The van der Waals surface area contributed by atoms with Crippen LogP contribution in [0.4, 0.5) is 0 Å². The summed E-state index contributed by atoms with van der Waals surface area (Å²) < 4.78 is 0. The minimum Gasteiger partial charge on any atom is -0.481 e. The highest BCUT2D eigenvalue weighted by molar-refractivity contribution is 5.85. The molecule has 5 nitrogen and oxygen atoms in total. The van der Waals surface area contributed by atoms with Gasteiger partial charge in [-0.05, 0) is 19.3 Å². The van der Waals surface area contributed by atoms with Gasteiger partial charge in [-0.15, -0.1) is 0 Å². The maximum atomic E-state index is 11.6. The number of nitrogens with two attached hydrogens (primary N) is 1. The summed E-state index contributed by atoms with van der Waals surface area (Å²) in [7, 11) is 0. The summed E-state index contributed by atoms with van der Waals surface area (Å²) in [5, 5.41) is 11.4. The van der Waals surface area contributed by atoms with Crippen LogP contribution in [0.15, 0.2) is 0 Å². The fourth-order valence-electron chi connectivity index (χ4n) is 1.39. The third-order valence-corrected chi connectivity index (χ3v) is 3.01. The number of carbonyl (C=O) groups excluding carboxylic acids is 1. The molecule has 0 heterocycles. The Morgan fingerprint density at radius 2 is 2.13 bits per heavy atom. The number of carboxylic acid groups (broad SMARTS) is 1. The van der Waals surface area contributed by atoms with Gasteiger partial charge >= 0.3 is 5.97 Å². The molecule has 1 aliphatic rings. The highest BCUT2D eigenvalue weighted by Crippen LogP contribution is 2.44. The standard InChI is InChI=1S/C10H18N2O3/c1-7(8(13)14)2-5-12-9(15)10(6-11)3-4-10/h7H,2-6,11H2,1H3,(H,12,15)(H,13,14). The lowest BCUT2D eigenvalue weighted by Crippen LogP contribution is -2.37. The van der Waals surface area contributed by atoms with Crippen molar-refractivity contribution in [3.63, 3.8) is 0 Å². The van der Waals surface area contributed by atoms with Crippen LogP contribution in [0.25, 0.3) is 0 Å². The van der Waals surface area contributed by atoms with Gasteiger partial charge in [0, 0.05) is 13.1 Å².